The van der Waals surface area contributed by atoms with E-state index in [0.717, 1.165) is 6.07 Å². The van der Waals surface area contributed by atoms with Crippen molar-refractivity contribution < 1.29 is 23.5 Å². The van der Waals surface area contributed by atoms with Crippen molar-refractivity contribution in [3.05, 3.63) is 58.9 Å². The molecular weight excluding hydrogens is 337 g/mol. The van der Waals surface area contributed by atoms with Crippen LogP contribution in [0.1, 0.15) is 5.56 Å². The van der Waals surface area contributed by atoms with Crippen LogP contribution in [0.25, 0.3) is 0 Å². The minimum atomic E-state index is -0.670. The predicted octanol–water partition coefficient (Wildman–Crippen LogP) is 3.21. The largest absolute Gasteiger partial charge is 0.496 e. The zero-order chi connectivity index (χ0) is 17.5. The summed E-state index contributed by atoms with van der Waals surface area (Å²) in [5.41, 5.74) is 0.610. The Bertz CT molecular complexity index is 751. The Labute approximate surface area is 143 Å². The zero-order valence-electron chi connectivity index (χ0n) is 12.8. The SMILES string of the molecule is COc1ccccc1CC(=O)OCC(=O)Nc1ccc(Cl)cc1F. The molecular formula is C17H15ClFNO4. The molecule has 5 nitrogen and oxygen atoms in total. The quantitative estimate of drug-likeness (QED) is 0.812. The number of hydrogen-bond donors (Lipinski definition) is 1. The number of para-hydroxylation sites is 1. The molecule has 7 heteroatoms. The third-order valence-electron chi connectivity index (χ3n) is 3.10. The van der Waals surface area contributed by atoms with Crippen LogP contribution in [0, 0.1) is 5.82 Å². The molecule has 2 aromatic rings. The lowest BCUT2D eigenvalue weighted by molar-refractivity contribution is -0.146. The van der Waals surface area contributed by atoms with E-state index in [1.54, 1.807) is 24.3 Å². The first kappa shape index (κ1) is 17.7. The molecule has 24 heavy (non-hydrogen) atoms. The van der Waals surface area contributed by atoms with Gasteiger partial charge in [-0.2, -0.15) is 0 Å². The number of hydrogen-bond acceptors (Lipinski definition) is 4. The second-order valence-electron chi connectivity index (χ2n) is 4.82. The Morgan fingerprint density at radius 2 is 1.96 bits per heavy atom. The lowest BCUT2D eigenvalue weighted by Gasteiger charge is -2.09. The van der Waals surface area contributed by atoms with E-state index in [1.165, 1.54) is 19.2 Å². The highest BCUT2D eigenvalue weighted by atomic mass is 35.5. The number of rotatable bonds is 6. The van der Waals surface area contributed by atoms with E-state index in [-0.39, 0.29) is 17.1 Å². The number of amides is 1. The van der Waals surface area contributed by atoms with Crippen molar-refractivity contribution in [2.45, 2.75) is 6.42 Å². The van der Waals surface area contributed by atoms with Crippen molar-refractivity contribution in [1.82, 2.24) is 0 Å². The minimum Gasteiger partial charge on any atom is -0.496 e. The number of ether oxygens (including phenoxy) is 2. The average molecular weight is 352 g/mol. The Kier molecular flexibility index (Phi) is 6.14. The van der Waals surface area contributed by atoms with Gasteiger partial charge in [0.2, 0.25) is 0 Å². The third kappa shape index (κ3) is 4.96. The Balaban J connectivity index is 1.86. The lowest BCUT2D eigenvalue weighted by Crippen LogP contribution is -2.22. The van der Waals surface area contributed by atoms with E-state index in [2.05, 4.69) is 5.32 Å². The molecule has 0 radical (unpaired) electrons. The first-order chi connectivity index (χ1) is 11.5. The Hall–Kier alpha value is -2.60. The van der Waals surface area contributed by atoms with E-state index >= 15 is 0 Å². The first-order valence-electron chi connectivity index (χ1n) is 7.02. The standard InChI is InChI=1S/C17H15ClFNO4/c1-23-15-5-3-2-4-11(15)8-17(22)24-10-16(21)20-14-7-6-12(18)9-13(14)19/h2-7,9H,8,10H2,1H3,(H,20,21). The summed E-state index contributed by atoms with van der Waals surface area (Å²) in [4.78, 5) is 23.5. The second kappa shape index (κ2) is 8.31. The smallest absolute Gasteiger partial charge is 0.310 e. The van der Waals surface area contributed by atoms with Gasteiger partial charge in [-0.25, -0.2) is 4.39 Å². The van der Waals surface area contributed by atoms with Crippen molar-refractivity contribution >= 4 is 29.2 Å². The number of anilines is 1. The van der Waals surface area contributed by atoms with E-state index < -0.39 is 24.3 Å². The van der Waals surface area contributed by atoms with Crippen molar-refractivity contribution in [2.24, 2.45) is 0 Å². The van der Waals surface area contributed by atoms with E-state index in [4.69, 9.17) is 21.1 Å². The molecule has 0 bridgehead atoms. The number of esters is 1. The first-order valence-corrected chi connectivity index (χ1v) is 7.40. The average Bonchev–Trinajstić information content (AvgIpc) is 2.56. The van der Waals surface area contributed by atoms with Gasteiger partial charge in [0.15, 0.2) is 6.61 Å². The number of benzene rings is 2. The highest BCUT2D eigenvalue weighted by Crippen LogP contribution is 2.19. The molecule has 1 amide bonds. The number of methoxy groups -OCH3 is 1. The van der Waals surface area contributed by atoms with Crippen molar-refractivity contribution in [2.75, 3.05) is 19.0 Å². The fourth-order valence-corrected chi connectivity index (χ4v) is 2.14. The molecule has 0 saturated carbocycles. The third-order valence-corrected chi connectivity index (χ3v) is 3.33. The van der Waals surface area contributed by atoms with Crippen molar-refractivity contribution in [3.63, 3.8) is 0 Å². The molecule has 1 N–H and O–H groups in total. The molecule has 2 rings (SSSR count). The van der Waals surface area contributed by atoms with Crippen LogP contribution in [0.5, 0.6) is 5.75 Å². The van der Waals surface area contributed by atoms with Crippen LogP contribution in [0.4, 0.5) is 10.1 Å². The zero-order valence-corrected chi connectivity index (χ0v) is 13.6. The summed E-state index contributed by atoms with van der Waals surface area (Å²) in [5.74, 6) is -1.35. The molecule has 0 aromatic heterocycles. The van der Waals surface area contributed by atoms with Crippen LogP contribution < -0.4 is 10.1 Å². The van der Waals surface area contributed by atoms with Gasteiger partial charge in [-0.3, -0.25) is 9.59 Å². The second-order valence-corrected chi connectivity index (χ2v) is 5.26. The van der Waals surface area contributed by atoms with Gasteiger partial charge in [0, 0.05) is 10.6 Å². The summed E-state index contributed by atoms with van der Waals surface area (Å²) in [5, 5.41) is 2.52. The summed E-state index contributed by atoms with van der Waals surface area (Å²) < 4.78 is 23.6. The number of carbonyl (C=O) groups excluding carboxylic acids is 2. The maximum absolute atomic E-state index is 13.6. The Morgan fingerprint density at radius 3 is 2.67 bits per heavy atom. The monoisotopic (exact) mass is 351 g/mol. The molecule has 0 unspecified atom stereocenters. The summed E-state index contributed by atoms with van der Waals surface area (Å²) in [6, 6.07) is 10.8. The van der Waals surface area contributed by atoms with Gasteiger partial charge < -0.3 is 14.8 Å². The summed E-state index contributed by atoms with van der Waals surface area (Å²) in [7, 11) is 1.50. The maximum atomic E-state index is 13.6. The van der Waals surface area contributed by atoms with Gasteiger partial charge >= 0.3 is 5.97 Å². The molecule has 126 valence electrons. The van der Waals surface area contributed by atoms with E-state index in [0.29, 0.717) is 11.3 Å². The fourth-order valence-electron chi connectivity index (χ4n) is 1.98. The predicted molar refractivity (Wildman–Crippen MR) is 87.7 cm³/mol. The topological polar surface area (TPSA) is 64.6 Å². The van der Waals surface area contributed by atoms with Crippen LogP contribution in [-0.2, 0) is 20.7 Å². The molecule has 0 aliphatic heterocycles. The molecule has 0 aliphatic carbocycles. The van der Waals surface area contributed by atoms with Gasteiger partial charge in [-0.15, -0.1) is 0 Å². The summed E-state index contributed by atoms with van der Waals surface area (Å²) in [6.45, 7) is -0.518. The normalized spacial score (nSPS) is 10.1. The molecule has 0 saturated heterocycles. The highest BCUT2D eigenvalue weighted by molar-refractivity contribution is 6.30. The van der Waals surface area contributed by atoms with Crippen LogP contribution in [0.15, 0.2) is 42.5 Å². The van der Waals surface area contributed by atoms with Gasteiger partial charge in [0.25, 0.3) is 5.91 Å². The van der Waals surface area contributed by atoms with Crippen molar-refractivity contribution in [1.29, 1.82) is 0 Å². The molecule has 0 spiro atoms. The van der Waals surface area contributed by atoms with Gasteiger partial charge in [-0.1, -0.05) is 29.8 Å². The molecule has 2 aromatic carbocycles. The summed E-state index contributed by atoms with van der Waals surface area (Å²) >= 11 is 5.63. The minimum absolute atomic E-state index is 0.0351. The number of nitrogens with one attached hydrogen (secondary N) is 1. The summed E-state index contributed by atoms with van der Waals surface area (Å²) in [6.07, 6.45) is -0.0351. The maximum Gasteiger partial charge on any atom is 0.310 e. The van der Waals surface area contributed by atoms with Gasteiger partial charge in [0.1, 0.15) is 11.6 Å². The highest BCUT2D eigenvalue weighted by Gasteiger charge is 2.13. The van der Waals surface area contributed by atoms with Crippen LogP contribution in [0.3, 0.4) is 0 Å². The lowest BCUT2D eigenvalue weighted by atomic mass is 10.1. The molecule has 0 atom stereocenters. The van der Waals surface area contributed by atoms with Crippen molar-refractivity contribution in [3.8, 4) is 5.75 Å². The Morgan fingerprint density at radius 1 is 1.21 bits per heavy atom. The fraction of sp³-hybridized carbons (Fsp3) is 0.176. The van der Waals surface area contributed by atoms with E-state index in [9.17, 15) is 14.0 Å². The van der Waals surface area contributed by atoms with Gasteiger partial charge in [-0.05, 0) is 24.3 Å². The van der Waals surface area contributed by atoms with Gasteiger partial charge in [0.05, 0.1) is 19.2 Å². The van der Waals surface area contributed by atoms with E-state index in [1.807, 2.05) is 0 Å². The number of carbonyl (C=O) groups is 2. The van der Waals surface area contributed by atoms with Crippen LogP contribution >= 0.6 is 11.6 Å². The number of halogens is 2. The molecule has 0 aliphatic rings. The molecule has 0 heterocycles. The van der Waals surface area contributed by atoms with Crippen LogP contribution in [-0.4, -0.2) is 25.6 Å². The van der Waals surface area contributed by atoms with Crippen LogP contribution in [0.2, 0.25) is 5.02 Å². The molecule has 0 fully saturated rings.